The van der Waals surface area contributed by atoms with Crippen molar-refractivity contribution in [1.29, 1.82) is 0 Å². The second-order valence-electron chi connectivity index (χ2n) is 17.8. The van der Waals surface area contributed by atoms with E-state index in [4.69, 9.17) is 18.9 Å². The molecular weight excluding hydrogens is 813 g/mol. The fraction of sp³-hybridized carbons (Fsp3) is 0.918. The van der Waals surface area contributed by atoms with Crippen molar-refractivity contribution in [2.45, 2.75) is 269 Å². The van der Waals surface area contributed by atoms with Gasteiger partial charge in [-0.3, -0.25) is 14.1 Å². The van der Waals surface area contributed by atoms with E-state index in [0.717, 1.165) is 38.5 Å². The number of hydrogen-bond donors (Lipinski definition) is 4. The summed E-state index contributed by atoms with van der Waals surface area (Å²) in [5.41, 5.74) is 0. The third-order valence-corrected chi connectivity index (χ3v) is 12.6. The molecule has 0 aromatic heterocycles. The Hall–Kier alpha value is -1.61. The molecule has 1 saturated heterocycles. The standard InChI is InChI=1S/C49H92O12S/c1-3-5-7-9-11-13-15-17-19-20-21-22-24-25-27-29-31-33-35-37-44(50)58-39-42(40-59-49-48(54)47(53)46(52)43(61-49)41-62(55,56)57)60-45(51)38-36-34-32-30-28-26-23-18-16-14-12-10-8-6-4-2/h17,19,42-43,46-49,52-54H,3-16,18,20-41H2,1-2H3,(H,55,56,57)/b19-17+/t42-,43-,46-,47?,48?,49+/m1/s1. The molecule has 1 rings (SSSR count). The van der Waals surface area contributed by atoms with Gasteiger partial charge in [0, 0.05) is 12.8 Å². The van der Waals surface area contributed by atoms with Crippen molar-refractivity contribution in [3.05, 3.63) is 12.2 Å². The maximum atomic E-state index is 12.8. The van der Waals surface area contributed by atoms with Crippen molar-refractivity contribution >= 4 is 22.1 Å². The van der Waals surface area contributed by atoms with E-state index in [9.17, 15) is 37.9 Å². The number of esters is 2. The van der Waals surface area contributed by atoms with Crippen LogP contribution in [-0.2, 0) is 38.7 Å². The van der Waals surface area contributed by atoms with Crippen LogP contribution >= 0.6 is 0 Å². The Morgan fingerprint density at radius 1 is 0.532 bits per heavy atom. The molecule has 62 heavy (non-hydrogen) atoms. The summed E-state index contributed by atoms with van der Waals surface area (Å²) in [4.78, 5) is 25.5. The third kappa shape index (κ3) is 33.8. The fourth-order valence-corrected chi connectivity index (χ4v) is 8.60. The summed E-state index contributed by atoms with van der Waals surface area (Å²) in [6, 6.07) is 0. The molecule has 0 aromatic rings. The number of aliphatic hydroxyl groups is 3. The molecule has 4 N–H and O–H groups in total. The number of unbranched alkanes of at least 4 members (excludes halogenated alkanes) is 29. The highest BCUT2D eigenvalue weighted by atomic mass is 32.2. The van der Waals surface area contributed by atoms with Crippen LogP contribution in [0.2, 0.25) is 0 Å². The van der Waals surface area contributed by atoms with E-state index in [1.807, 2.05) is 0 Å². The first-order valence-corrected chi connectivity index (χ1v) is 26.9. The van der Waals surface area contributed by atoms with Crippen molar-refractivity contribution in [3.63, 3.8) is 0 Å². The van der Waals surface area contributed by atoms with Gasteiger partial charge < -0.3 is 34.3 Å². The van der Waals surface area contributed by atoms with E-state index in [-0.39, 0.29) is 19.4 Å². The maximum Gasteiger partial charge on any atom is 0.306 e. The average Bonchev–Trinajstić information content (AvgIpc) is 3.24. The van der Waals surface area contributed by atoms with Crippen LogP contribution in [0.4, 0.5) is 0 Å². The minimum absolute atomic E-state index is 0.170. The molecule has 0 aromatic carbocycles. The lowest BCUT2D eigenvalue weighted by Gasteiger charge is -2.40. The fourth-order valence-electron chi connectivity index (χ4n) is 7.91. The Kier molecular flexibility index (Phi) is 37.4. The van der Waals surface area contributed by atoms with E-state index in [1.54, 1.807) is 0 Å². The lowest BCUT2D eigenvalue weighted by atomic mass is 10.00. The highest BCUT2D eigenvalue weighted by Gasteiger charge is 2.46. The van der Waals surface area contributed by atoms with Crippen LogP contribution in [0, 0.1) is 0 Å². The smallest absolute Gasteiger partial charge is 0.306 e. The molecule has 13 heteroatoms. The molecule has 1 heterocycles. The van der Waals surface area contributed by atoms with Gasteiger partial charge in [0.15, 0.2) is 12.4 Å². The van der Waals surface area contributed by atoms with Crippen molar-refractivity contribution < 1.29 is 56.8 Å². The van der Waals surface area contributed by atoms with Gasteiger partial charge in [-0.25, -0.2) is 0 Å². The molecule has 1 aliphatic rings. The molecular formula is C49H92O12S. The number of hydrogen-bond acceptors (Lipinski definition) is 11. The molecule has 0 aliphatic carbocycles. The van der Waals surface area contributed by atoms with Gasteiger partial charge in [-0.15, -0.1) is 0 Å². The predicted molar refractivity (Wildman–Crippen MR) is 247 cm³/mol. The minimum Gasteiger partial charge on any atom is -0.462 e. The largest absolute Gasteiger partial charge is 0.462 e. The zero-order chi connectivity index (χ0) is 45.5. The predicted octanol–water partition coefficient (Wildman–Crippen LogP) is 11.0. The van der Waals surface area contributed by atoms with E-state index >= 15 is 0 Å². The molecule has 0 spiro atoms. The SMILES string of the molecule is CCCCCCCC/C=C/CCCCCCCCCCCC(=O)OC[C@H](CO[C@H]1O[C@H](CS(=O)(=O)O)[C@@H](O)C(O)C1O)OC(=O)CCCCCCCCCCCCCCCCC. The van der Waals surface area contributed by atoms with Gasteiger partial charge in [-0.1, -0.05) is 193 Å². The molecule has 0 amide bonds. The Balaban J connectivity index is 2.37. The normalized spacial score (nSPS) is 19.9. The van der Waals surface area contributed by atoms with Crippen molar-refractivity contribution in [2.24, 2.45) is 0 Å². The third-order valence-electron chi connectivity index (χ3n) is 11.8. The van der Waals surface area contributed by atoms with E-state index in [1.165, 1.54) is 154 Å². The van der Waals surface area contributed by atoms with Crippen molar-refractivity contribution in [2.75, 3.05) is 19.0 Å². The first kappa shape index (κ1) is 58.4. The lowest BCUT2D eigenvalue weighted by molar-refractivity contribution is -0.297. The Labute approximate surface area is 377 Å². The highest BCUT2D eigenvalue weighted by molar-refractivity contribution is 7.85. The summed E-state index contributed by atoms with van der Waals surface area (Å²) in [5, 5.41) is 30.9. The first-order valence-electron chi connectivity index (χ1n) is 25.2. The zero-order valence-corrected chi connectivity index (χ0v) is 40.1. The van der Waals surface area contributed by atoms with Gasteiger partial charge in [-0.2, -0.15) is 8.42 Å². The van der Waals surface area contributed by atoms with Gasteiger partial charge in [0.05, 0.1) is 6.61 Å². The Morgan fingerprint density at radius 2 is 0.919 bits per heavy atom. The highest BCUT2D eigenvalue weighted by Crippen LogP contribution is 2.24. The number of rotatable bonds is 43. The van der Waals surface area contributed by atoms with E-state index in [2.05, 4.69) is 26.0 Å². The van der Waals surface area contributed by atoms with Gasteiger partial charge in [-0.05, 0) is 38.5 Å². The Morgan fingerprint density at radius 3 is 1.34 bits per heavy atom. The van der Waals surface area contributed by atoms with Crippen LogP contribution in [0.25, 0.3) is 0 Å². The van der Waals surface area contributed by atoms with Crippen molar-refractivity contribution in [1.82, 2.24) is 0 Å². The monoisotopic (exact) mass is 905 g/mol. The van der Waals surface area contributed by atoms with E-state index in [0.29, 0.717) is 12.8 Å². The van der Waals surface area contributed by atoms with Crippen LogP contribution in [0.1, 0.15) is 232 Å². The summed E-state index contributed by atoms with van der Waals surface area (Å²) < 4.78 is 54.2. The first-order chi connectivity index (χ1) is 30.0. The van der Waals surface area contributed by atoms with Crippen LogP contribution in [-0.4, -0.2) is 96.0 Å². The minimum atomic E-state index is -4.60. The number of carbonyl (C=O) groups is 2. The maximum absolute atomic E-state index is 12.8. The van der Waals surface area contributed by atoms with Gasteiger partial charge in [0.25, 0.3) is 10.1 Å². The average molecular weight is 905 g/mol. The molecule has 0 bridgehead atoms. The molecule has 366 valence electrons. The van der Waals surface area contributed by atoms with Crippen LogP contribution in [0.15, 0.2) is 12.2 Å². The van der Waals surface area contributed by atoms with Gasteiger partial charge >= 0.3 is 11.9 Å². The topological polar surface area (TPSA) is 186 Å². The van der Waals surface area contributed by atoms with Gasteiger partial charge in [0.1, 0.15) is 36.8 Å². The molecule has 1 fully saturated rings. The van der Waals surface area contributed by atoms with Crippen molar-refractivity contribution in [3.8, 4) is 0 Å². The number of ether oxygens (including phenoxy) is 4. The summed E-state index contributed by atoms with van der Waals surface area (Å²) in [5.74, 6) is -1.97. The quantitative estimate of drug-likeness (QED) is 0.0197. The number of carbonyl (C=O) groups excluding carboxylic acids is 2. The molecule has 2 unspecified atom stereocenters. The summed E-state index contributed by atoms with van der Waals surface area (Å²) in [7, 11) is -4.60. The van der Waals surface area contributed by atoms with Crippen LogP contribution < -0.4 is 0 Å². The number of aliphatic hydroxyl groups excluding tert-OH is 3. The molecule has 6 atom stereocenters. The summed E-state index contributed by atoms with van der Waals surface area (Å²) >= 11 is 0. The van der Waals surface area contributed by atoms with E-state index < -0.39 is 71.2 Å². The summed E-state index contributed by atoms with van der Waals surface area (Å²) in [6.07, 6.45) is 33.9. The molecule has 1 aliphatic heterocycles. The molecule has 0 saturated carbocycles. The second kappa shape index (κ2) is 39.7. The molecule has 0 radical (unpaired) electrons. The number of allylic oxidation sites excluding steroid dienone is 2. The van der Waals surface area contributed by atoms with Crippen LogP contribution in [0.5, 0.6) is 0 Å². The molecule has 12 nitrogen and oxygen atoms in total. The second-order valence-corrected chi connectivity index (χ2v) is 19.3. The lowest BCUT2D eigenvalue weighted by Crippen LogP contribution is -2.60. The van der Waals surface area contributed by atoms with Crippen LogP contribution in [0.3, 0.4) is 0 Å². The van der Waals surface area contributed by atoms with Gasteiger partial charge in [0.2, 0.25) is 0 Å². The Bertz CT molecular complexity index is 1200. The summed E-state index contributed by atoms with van der Waals surface area (Å²) in [6.45, 7) is 3.79. The zero-order valence-electron chi connectivity index (χ0n) is 39.2.